The molecule has 0 amide bonds. The second kappa shape index (κ2) is 8.81. The van der Waals surface area contributed by atoms with E-state index in [9.17, 15) is 18.8 Å². The number of carbonyl (C=O) groups excluding carboxylic acids is 1. The van der Waals surface area contributed by atoms with Gasteiger partial charge in [-0.05, 0) is 56.0 Å². The maximum Gasteiger partial charge on any atom is 0.387 e. The van der Waals surface area contributed by atoms with Gasteiger partial charge in [-0.3, -0.25) is 9.20 Å². The Morgan fingerprint density at radius 3 is 2.67 bits per heavy atom. The van der Waals surface area contributed by atoms with Crippen LogP contribution in [0.1, 0.15) is 55.5 Å². The number of pyridine rings is 1. The zero-order valence-corrected chi connectivity index (χ0v) is 18.8. The lowest BCUT2D eigenvalue weighted by molar-refractivity contribution is -0.0502. The van der Waals surface area contributed by atoms with Gasteiger partial charge in [0.25, 0.3) is 0 Å². The Morgan fingerprint density at radius 2 is 2.03 bits per heavy atom. The number of benzene rings is 1. The largest absolute Gasteiger partial charge is 0.496 e. The summed E-state index contributed by atoms with van der Waals surface area (Å²) < 4.78 is 38.4. The molecular formula is C25H25F2N3O3. The van der Waals surface area contributed by atoms with Crippen LogP contribution in [0.3, 0.4) is 0 Å². The molecule has 0 spiro atoms. The normalized spacial score (nSPS) is 13.8. The Labute approximate surface area is 190 Å². The van der Waals surface area contributed by atoms with E-state index in [4.69, 9.17) is 9.47 Å². The van der Waals surface area contributed by atoms with Gasteiger partial charge in [-0.15, -0.1) is 0 Å². The minimum atomic E-state index is -3.09. The highest BCUT2D eigenvalue weighted by Gasteiger charge is 2.27. The molecule has 8 heteroatoms. The third kappa shape index (κ3) is 4.68. The number of methoxy groups -OCH3 is 1. The predicted octanol–water partition coefficient (Wildman–Crippen LogP) is 5.79. The van der Waals surface area contributed by atoms with Gasteiger partial charge in [0, 0.05) is 18.2 Å². The average Bonchev–Trinajstić information content (AvgIpc) is 3.53. The van der Waals surface area contributed by atoms with Crippen LogP contribution in [0.15, 0.2) is 36.7 Å². The number of carbonyl (C=O) groups is 1. The molecule has 1 aromatic carbocycles. The zero-order valence-electron chi connectivity index (χ0n) is 18.8. The molecule has 4 rings (SSSR count). The molecule has 0 N–H and O–H groups in total. The van der Waals surface area contributed by atoms with Gasteiger partial charge in [-0.2, -0.15) is 14.0 Å². The maximum absolute atomic E-state index is 13.2. The van der Waals surface area contributed by atoms with Crippen LogP contribution < -0.4 is 9.47 Å². The van der Waals surface area contributed by atoms with Crippen molar-refractivity contribution in [3.8, 4) is 28.8 Å². The molecule has 2 aromatic heterocycles. The molecule has 0 unspecified atom stereocenters. The first-order chi connectivity index (χ1) is 15.7. The van der Waals surface area contributed by atoms with Crippen molar-refractivity contribution in [3.63, 3.8) is 0 Å². The molecule has 0 atom stereocenters. The fourth-order valence-corrected chi connectivity index (χ4v) is 3.88. The first kappa shape index (κ1) is 22.7. The minimum absolute atomic E-state index is 0.0362. The molecule has 1 aliphatic carbocycles. The van der Waals surface area contributed by atoms with Gasteiger partial charge < -0.3 is 9.47 Å². The maximum atomic E-state index is 13.2. The molecular weight excluding hydrogens is 428 g/mol. The highest BCUT2D eigenvalue weighted by atomic mass is 19.3. The van der Waals surface area contributed by atoms with Crippen molar-refractivity contribution >= 4 is 11.4 Å². The van der Waals surface area contributed by atoms with E-state index in [-0.39, 0.29) is 29.3 Å². The van der Waals surface area contributed by atoms with Gasteiger partial charge in [0.05, 0.1) is 30.5 Å². The summed E-state index contributed by atoms with van der Waals surface area (Å²) >= 11 is 0. The molecule has 1 saturated carbocycles. The third-order valence-electron chi connectivity index (χ3n) is 6.07. The van der Waals surface area contributed by atoms with E-state index in [0.717, 1.165) is 24.8 Å². The van der Waals surface area contributed by atoms with Crippen LogP contribution in [0.25, 0.3) is 16.9 Å². The Balaban J connectivity index is 1.78. The number of imidazole rings is 1. The monoisotopic (exact) mass is 453 g/mol. The van der Waals surface area contributed by atoms with E-state index in [1.165, 1.54) is 13.2 Å². The van der Waals surface area contributed by atoms with Crippen LogP contribution in [0.2, 0.25) is 0 Å². The molecule has 1 aliphatic rings. The molecule has 6 nitrogen and oxygen atoms in total. The lowest BCUT2D eigenvalue weighted by Crippen LogP contribution is -2.14. The molecule has 0 aliphatic heterocycles. The zero-order chi connectivity index (χ0) is 23.8. The summed E-state index contributed by atoms with van der Waals surface area (Å²) in [5.74, 6) is 0.230. The van der Waals surface area contributed by atoms with E-state index >= 15 is 0 Å². The quantitative estimate of drug-likeness (QED) is 0.384. The van der Waals surface area contributed by atoms with Crippen molar-refractivity contribution in [1.82, 2.24) is 9.38 Å². The van der Waals surface area contributed by atoms with Crippen molar-refractivity contribution in [1.29, 1.82) is 5.26 Å². The lowest BCUT2D eigenvalue weighted by Gasteiger charge is -2.17. The Bertz CT molecular complexity index is 1240. The molecule has 172 valence electrons. The van der Waals surface area contributed by atoms with Gasteiger partial charge in [0.2, 0.25) is 0 Å². The standard InChI is InChI=1S/C25H25F2N3O3/c1-25(2,14-28)17-8-9-30-18(13-29-22(30)12-17)16-10-20(32-3)23(21(11-16)33-24(26)27)19(31)7-6-15-4-5-15/h8-13,15,24H,4-7H2,1-3H3. The smallest absolute Gasteiger partial charge is 0.387 e. The van der Waals surface area contributed by atoms with E-state index < -0.39 is 12.0 Å². The van der Waals surface area contributed by atoms with Crippen LogP contribution in [0, 0.1) is 17.2 Å². The van der Waals surface area contributed by atoms with Crippen LogP contribution in [0.4, 0.5) is 8.78 Å². The number of nitriles is 1. The summed E-state index contributed by atoms with van der Waals surface area (Å²) in [7, 11) is 1.40. The summed E-state index contributed by atoms with van der Waals surface area (Å²) in [4.78, 5) is 17.3. The topological polar surface area (TPSA) is 76.6 Å². The number of Topliss-reactive ketones (excluding diaryl/α,β-unsaturated/α-hetero) is 1. The number of ether oxygens (including phenoxy) is 2. The van der Waals surface area contributed by atoms with Crippen molar-refractivity contribution in [2.24, 2.45) is 5.92 Å². The highest BCUT2D eigenvalue weighted by Crippen LogP contribution is 2.39. The number of aromatic nitrogens is 2. The van der Waals surface area contributed by atoms with Gasteiger partial charge in [-0.25, -0.2) is 4.98 Å². The third-order valence-corrected chi connectivity index (χ3v) is 6.07. The predicted molar refractivity (Wildman–Crippen MR) is 119 cm³/mol. The Hall–Kier alpha value is -3.47. The molecule has 0 bridgehead atoms. The fraction of sp³-hybridized carbons (Fsp3) is 0.400. The van der Waals surface area contributed by atoms with Crippen molar-refractivity contribution in [2.75, 3.05) is 7.11 Å². The van der Waals surface area contributed by atoms with E-state index in [1.54, 1.807) is 22.9 Å². The van der Waals surface area contributed by atoms with Gasteiger partial charge in [0.15, 0.2) is 5.78 Å². The van der Waals surface area contributed by atoms with Gasteiger partial charge >= 0.3 is 6.61 Å². The fourth-order valence-electron chi connectivity index (χ4n) is 3.88. The summed E-state index contributed by atoms with van der Waals surface area (Å²) in [5, 5.41) is 9.41. The summed E-state index contributed by atoms with van der Waals surface area (Å²) in [6, 6.07) is 8.97. The number of hydrogen-bond donors (Lipinski definition) is 0. The van der Waals surface area contributed by atoms with Crippen LogP contribution in [-0.4, -0.2) is 28.9 Å². The summed E-state index contributed by atoms with van der Waals surface area (Å²) in [6.07, 6.45) is 6.57. The molecule has 33 heavy (non-hydrogen) atoms. The SMILES string of the molecule is COc1cc(-c2cnc3cc(C(C)(C)C#N)ccn23)cc(OC(F)F)c1C(=O)CCC1CC1. The highest BCUT2D eigenvalue weighted by molar-refractivity contribution is 6.02. The Morgan fingerprint density at radius 1 is 1.30 bits per heavy atom. The second-order valence-corrected chi connectivity index (χ2v) is 8.86. The van der Waals surface area contributed by atoms with E-state index in [0.29, 0.717) is 22.8 Å². The van der Waals surface area contributed by atoms with Crippen molar-refractivity contribution in [3.05, 3.63) is 47.8 Å². The van der Waals surface area contributed by atoms with E-state index in [2.05, 4.69) is 11.1 Å². The number of rotatable bonds is 9. The van der Waals surface area contributed by atoms with Crippen LogP contribution >= 0.6 is 0 Å². The second-order valence-electron chi connectivity index (χ2n) is 8.86. The first-order valence-corrected chi connectivity index (χ1v) is 10.8. The number of hydrogen-bond acceptors (Lipinski definition) is 5. The average molecular weight is 453 g/mol. The van der Waals surface area contributed by atoms with Crippen LogP contribution in [-0.2, 0) is 5.41 Å². The van der Waals surface area contributed by atoms with Gasteiger partial charge in [-0.1, -0.05) is 12.8 Å². The molecule has 3 aromatic rings. The van der Waals surface area contributed by atoms with E-state index in [1.807, 2.05) is 26.0 Å². The molecule has 2 heterocycles. The molecule has 0 radical (unpaired) electrons. The number of halogens is 2. The lowest BCUT2D eigenvalue weighted by atomic mass is 9.87. The minimum Gasteiger partial charge on any atom is -0.496 e. The van der Waals surface area contributed by atoms with Crippen LogP contribution in [0.5, 0.6) is 11.5 Å². The number of ketones is 1. The molecule has 0 saturated heterocycles. The Kier molecular flexibility index (Phi) is 6.07. The molecule has 1 fully saturated rings. The number of fused-ring (bicyclic) bond motifs is 1. The number of nitrogens with zero attached hydrogens (tertiary/aromatic N) is 3. The summed E-state index contributed by atoms with van der Waals surface area (Å²) in [6.45, 7) is 0.555. The summed E-state index contributed by atoms with van der Waals surface area (Å²) in [5.41, 5.74) is 1.89. The number of alkyl halides is 2. The van der Waals surface area contributed by atoms with Crippen molar-refractivity contribution in [2.45, 2.75) is 51.6 Å². The van der Waals surface area contributed by atoms with Crippen molar-refractivity contribution < 1.29 is 23.0 Å². The van der Waals surface area contributed by atoms with Gasteiger partial charge in [0.1, 0.15) is 22.7 Å². The first-order valence-electron chi connectivity index (χ1n) is 10.8.